The van der Waals surface area contributed by atoms with Crippen molar-refractivity contribution in [1.82, 2.24) is 9.78 Å². The highest BCUT2D eigenvalue weighted by Crippen LogP contribution is 2.39. The number of anilines is 1. The molecule has 2 N–H and O–H groups in total. The number of rotatable bonds is 2. The number of aryl methyl sites for hydroxylation is 1. The van der Waals surface area contributed by atoms with E-state index in [1.165, 1.54) is 0 Å². The number of hydrogen-bond acceptors (Lipinski definition) is 3. The summed E-state index contributed by atoms with van der Waals surface area (Å²) in [6.07, 6.45) is 0. The minimum absolute atomic E-state index is 0.330. The predicted octanol–water partition coefficient (Wildman–Crippen LogP) is 4.30. The predicted molar refractivity (Wildman–Crippen MR) is 84.0 cm³/mol. The second-order valence-corrected chi connectivity index (χ2v) is 6.11. The molecule has 3 rings (SSSR count). The molecule has 2 aromatic heterocycles. The molecular weight excluding hydrogens is 341 g/mol. The third kappa shape index (κ3) is 2.05. The Labute approximate surface area is 128 Å². The Morgan fingerprint density at radius 3 is 2.80 bits per heavy atom. The van der Waals surface area contributed by atoms with Crippen LogP contribution >= 0.6 is 27.3 Å². The lowest BCUT2D eigenvalue weighted by Gasteiger charge is -2.04. The van der Waals surface area contributed by atoms with Crippen LogP contribution in [0.25, 0.3) is 21.7 Å². The lowest BCUT2D eigenvalue weighted by atomic mass is 10.1. The van der Waals surface area contributed by atoms with Crippen molar-refractivity contribution in [2.45, 2.75) is 0 Å². The third-order valence-electron chi connectivity index (χ3n) is 3.07. The molecule has 0 bridgehead atoms. The van der Waals surface area contributed by atoms with Gasteiger partial charge < -0.3 is 5.73 Å². The molecule has 0 saturated carbocycles. The van der Waals surface area contributed by atoms with E-state index in [-0.39, 0.29) is 5.82 Å². The van der Waals surface area contributed by atoms with Gasteiger partial charge in [-0.15, -0.1) is 11.3 Å². The minimum atomic E-state index is -0.330. The van der Waals surface area contributed by atoms with Crippen LogP contribution in [0.15, 0.2) is 40.2 Å². The summed E-state index contributed by atoms with van der Waals surface area (Å²) in [4.78, 5) is 0.977. The van der Waals surface area contributed by atoms with Crippen LogP contribution in [0.2, 0.25) is 0 Å². The molecule has 0 amide bonds. The molecule has 102 valence electrons. The van der Waals surface area contributed by atoms with Crippen LogP contribution in [0, 0.1) is 5.82 Å². The lowest BCUT2D eigenvalue weighted by molar-refractivity contribution is 0.623. The fraction of sp³-hybridized carbons (Fsp3) is 0.0714. The summed E-state index contributed by atoms with van der Waals surface area (Å²) < 4.78 is 16.3. The Hall–Kier alpha value is -1.66. The molecule has 1 aromatic carbocycles. The molecule has 3 aromatic rings. The number of nitrogens with zero attached hydrogens (tertiary/aromatic N) is 2. The first kappa shape index (κ1) is 13.3. The van der Waals surface area contributed by atoms with Gasteiger partial charge in [-0.2, -0.15) is 5.10 Å². The lowest BCUT2D eigenvalue weighted by Crippen LogP contribution is -1.97. The molecule has 0 aliphatic heterocycles. The molecule has 0 aliphatic rings. The van der Waals surface area contributed by atoms with Crippen LogP contribution in [0.5, 0.6) is 0 Å². The molecule has 2 heterocycles. The molecule has 20 heavy (non-hydrogen) atoms. The minimum Gasteiger partial charge on any atom is -0.383 e. The zero-order valence-electron chi connectivity index (χ0n) is 10.6. The van der Waals surface area contributed by atoms with Crippen molar-refractivity contribution in [2.24, 2.45) is 7.05 Å². The molecule has 0 fully saturated rings. The van der Waals surface area contributed by atoms with E-state index in [1.807, 2.05) is 17.5 Å². The van der Waals surface area contributed by atoms with E-state index >= 15 is 0 Å². The molecular formula is C14H11BrFN3S. The van der Waals surface area contributed by atoms with E-state index < -0.39 is 0 Å². The standard InChI is InChI=1S/C14H11BrFN3S/c1-19-14(17)11(10-6-3-7-20-10)13(18-19)8-4-2-5-9(15)12(8)16/h2-7H,17H2,1H3. The van der Waals surface area contributed by atoms with Crippen LogP contribution in [0.3, 0.4) is 0 Å². The van der Waals surface area contributed by atoms with Gasteiger partial charge in [-0.05, 0) is 39.5 Å². The fourth-order valence-corrected chi connectivity index (χ4v) is 3.22. The molecule has 0 atom stereocenters. The highest BCUT2D eigenvalue weighted by Gasteiger charge is 2.21. The molecule has 0 saturated heterocycles. The second kappa shape index (κ2) is 5.03. The summed E-state index contributed by atoms with van der Waals surface area (Å²) in [5.74, 6) is 0.199. The van der Waals surface area contributed by atoms with Gasteiger partial charge in [-0.25, -0.2) is 4.39 Å². The number of halogens is 2. The Kier molecular flexibility index (Phi) is 3.35. The monoisotopic (exact) mass is 351 g/mol. The second-order valence-electron chi connectivity index (χ2n) is 4.31. The molecule has 3 nitrogen and oxygen atoms in total. The quantitative estimate of drug-likeness (QED) is 0.747. The maximum absolute atomic E-state index is 14.3. The van der Waals surface area contributed by atoms with Crippen LogP contribution in [0.4, 0.5) is 10.2 Å². The van der Waals surface area contributed by atoms with Gasteiger partial charge in [0.05, 0.1) is 10.0 Å². The number of aromatic nitrogens is 2. The van der Waals surface area contributed by atoms with Crippen LogP contribution in [0.1, 0.15) is 0 Å². The van der Waals surface area contributed by atoms with Gasteiger partial charge in [0, 0.05) is 17.5 Å². The molecule has 0 radical (unpaired) electrons. The number of hydrogen-bond donors (Lipinski definition) is 1. The topological polar surface area (TPSA) is 43.8 Å². The van der Waals surface area contributed by atoms with Gasteiger partial charge in [0.1, 0.15) is 17.3 Å². The summed E-state index contributed by atoms with van der Waals surface area (Å²) in [6.45, 7) is 0. The molecule has 0 aliphatic carbocycles. The van der Waals surface area contributed by atoms with E-state index in [2.05, 4.69) is 21.0 Å². The summed E-state index contributed by atoms with van der Waals surface area (Å²) in [7, 11) is 1.76. The number of benzene rings is 1. The van der Waals surface area contributed by atoms with Crippen molar-refractivity contribution in [2.75, 3.05) is 5.73 Å². The number of nitrogens with two attached hydrogens (primary N) is 1. The van der Waals surface area contributed by atoms with Gasteiger partial charge in [-0.3, -0.25) is 4.68 Å². The summed E-state index contributed by atoms with van der Waals surface area (Å²) in [5, 5.41) is 6.34. The van der Waals surface area contributed by atoms with Gasteiger partial charge in [0.15, 0.2) is 0 Å². The SMILES string of the molecule is Cn1nc(-c2cccc(Br)c2F)c(-c2cccs2)c1N. The van der Waals surface area contributed by atoms with Crippen molar-refractivity contribution in [1.29, 1.82) is 0 Å². The van der Waals surface area contributed by atoms with Crippen LogP contribution in [-0.2, 0) is 7.05 Å². The largest absolute Gasteiger partial charge is 0.383 e. The highest BCUT2D eigenvalue weighted by molar-refractivity contribution is 9.10. The normalized spacial score (nSPS) is 10.9. The van der Waals surface area contributed by atoms with Crippen molar-refractivity contribution in [3.63, 3.8) is 0 Å². The maximum atomic E-state index is 14.3. The van der Waals surface area contributed by atoms with E-state index in [4.69, 9.17) is 5.73 Å². The van der Waals surface area contributed by atoms with Gasteiger partial charge >= 0.3 is 0 Å². The Balaban J connectivity index is 2.30. The van der Waals surface area contributed by atoms with E-state index in [0.29, 0.717) is 21.5 Å². The Morgan fingerprint density at radius 1 is 1.30 bits per heavy atom. The van der Waals surface area contributed by atoms with Crippen LogP contribution < -0.4 is 5.73 Å². The van der Waals surface area contributed by atoms with Crippen molar-refractivity contribution >= 4 is 33.1 Å². The summed E-state index contributed by atoms with van der Waals surface area (Å²) >= 11 is 4.76. The third-order valence-corrected chi connectivity index (χ3v) is 4.57. The average molecular weight is 352 g/mol. The molecule has 6 heteroatoms. The smallest absolute Gasteiger partial charge is 0.146 e. The van der Waals surface area contributed by atoms with Gasteiger partial charge in [0.25, 0.3) is 0 Å². The Morgan fingerprint density at radius 2 is 2.10 bits per heavy atom. The number of nitrogen functional groups attached to an aromatic ring is 1. The zero-order valence-corrected chi connectivity index (χ0v) is 13.0. The first-order valence-electron chi connectivity index (χ1n) is 5.90. The first-order valence-corrected chi connectivity index (χ1v) is 7.57. The van der Waals surface area contributed by atoms with E-state index in [0.717, 1.165) is 10.4 Å². The van der Waals surface area contributed by atoms with Crippen LogP contribution in [-0.4, -0.2) is 9.78 Å². The van der Waals surface area contributed by atoms with Gasteiger partial charge in [0.2, 0.25) is 0 Å². The maximum Gasteiger partial charge on any atom is 0.146 e. The van der Waals surface area contributed by atoms with Crippen molar-refractivity contribution < 1.29 is 4.39 Å². The summed E-state index contributed by atoms with van der Waals surface area (Å²) in [6, 6.07) is 9.05. The number of thiophene rings is 1. The van der Waals surface area contributed by atoms with E-state index in [9.17, 15) is 4.39 Å². The van der Waals surface area contributed by atoms with Gasteiger partial charge in [-0.1, -0.05) is 12.1 Å². The first-order chi connectivity index (χ1) is 9.59. The average Bonchev–Trinajstić information content (AvgIpc) is 3.03. The molecule has 0 spiro atoms. The highest BCUT2D eigenvalue weighted by atomic mass is 79.9. The van der Waals surface area contributed by atoms with Crippen molar-refractivity contribution in [3.8, 4) is 21.7 Å². The van der Waals surface area contributed by atoms with E-state index in [1.54, 1.807) is 41.3 Å². The van der Waals surface area contributed by atoms with Crippen molar-refractivity contribution in [3.05, 3.63) is 46.0 Å². The fourth-order valence-electron chi connectivity index (χ4n) is 2.08. The summed E-state index contributed by atoms with van der Waals surface area (Å²) in [5.41, 5.74) is 7.87. The molecule has 0 unspecified atom stereocenters. The zero-order chi connectivity index (χ0) is 14.3. The Bertz CT molecular complexity index is 765.